The molecule has 3 aromatic carbocycles. The molecule has 1 fully saturated rings. The third-order valence-electron chi connectivity index (χ3n) is 6.96. The molecule has 0 saturated carbocycles. The number of aliphatic hydroxyl groups excluding tert-OH is 1. The summed E-state index contributed by atoms with van der Waals surface area (Å²) in [4.78, 5) is 28.4. The Kier molecular flexibility index (Phi) is 7.46. The average molecular weight is 606 g/mol. The van der Waals surface area contributed by atoms with Crippen LogP contribution in [0.4, 0.5) is 5.13 Å². The van der Waals surface area contributed by atoms with Crippen molar-refractivity contribution in [3.05, 3.63) is 99.6 Å². The number of Topliss-reactive ketones (excluding diaryl/α,β-unsaturated/α-hetero) is 1. The van der Waals surface area contributed by atoms with E-state index in [0.717, 1.165) is 16.9 Å². The fourth-order valence-corrected chi connectivity index (χ4v) is 7.12. The lowest BCUT2D eigenvalue weighted by molar-refractivity contribution is -0.132. The van der Waals surface area contributed by atoms with E-state index in [1.165, 1.54) is 28.0 Å². The molecule has 2 aliphatic heterocycles. The first-order chi connectivity index (χ1) is 19.8. The predicted octanol–water partition coefficient (Wildman–Crippen LogP) is 6.44. The minimum absolute atomic E-state index is 0.0208. The van der Waals surface area contributed by atoms with Gasteiger partial charge in [0, 0.05) is 22.8 Å². The zero-order valence-corrected chi connectivity index (χ0v) is 24.4. The van der Waals surface area contributed by atoms with Crippen LogP contribution in [0.2, 0.25) is 5.02 Å². The number of hydrogen-bond acceptors (Lipinski definition) is 9. The van der Waals surface area contributed by atoms with Crippen LogP contribution in [-0.2, 0) is 21.8 Å². The summed E-state index contributed by atoms with van der Waals surface area (Å²) in [6, 6.07) is 18.9. The van der Waals surface area contributed by atoms with Crippen molar-refractivity contribution in [2.24, 2.45) is 0 Å². The SMILES string of the molecule is COc1ccc([C@@H]2/C(=C(\O)c3ccc4c(c3)C[C@H](C)O4)C(=O)C(=O)N2c2nnc(SCc3ccccc3Cl)s2)cc1. The van der Waals surface area contributed by atoms with Gasteiger partial charge in [-0.25, -0.2) is 0 Å². The van der Waals surface area contributed by atoms with Gasteiger partial charge in [0.25, 0.3) is 5.78 Å². The first kappa shape index (κ1) is 27.3. The van der Waals surface area contributed by atoms with Crippen molar-refractivity contribution in [3.8, 4) is 11.5 Å². The molecule has 11 heteroatoms. The molecule has 0 unspecified atom stereocenters. The maximum absolute atomic E-state index is 13.5. The minimum atomic E-state index is -0.918. The lowest BCUT2D eigenvalue weighted by Crippen LogP contribution is -2.29. The Morgan fingerprint density at radius 3 is 2.68 bits per heavy atom. The first-order valence-electron chi connectivity index (χ1n) is 12.8. The molecule has 0 aliphatic carbocycles. The number of ketones is 1. The lowest BCUT2D eigenvalue weighted by Gasteiger charge is -2.22. The Labute approximate surface area is 249 Å². The van der Waals surface area contributed by atoms with Crippen molar-refractivity contribution >= 4 is 57.3 Å². The van der Waals surface area contributed by atoms with Gasteiger partial charge >= 0.3 is 5.91 Å². The molecule has 0 radical (unpaired) electrons. The van der Waals surface area contributed by atoms with Crippen molar-refractivity contribution < 1.29 is 24.2 Å². The predicted molar refractivity (Wildman–Crippen MR) is 159 cm³/mol. The summed E-state index contributed by atoms with van der Waals surface area (Å²) in [6.45, 7) is 1.97. The van der Waals surface area contributed by atoms with Gasteiger partial charge in [0.15, 0.2) is 4.34 Å². The molecular formula is C30H24ClN3O5S2. The van der Waals surface area contributed by atoms with Crippen LogP contribution < -0.4 is 14.4 Å². The highest BCUT2D eigenvalue weighted by molar-refractivity contribution is 8.00. The van der Waals surface area contributed by atoms with Crippen molar-refractivity contribution in [3.63, 3.8) is 0 Å². The van der Waals surface area contributed by atoms with E-state index in [0.29, 0.717) is 38.4 Å². The number of aromatic nitrogens is 2. The zero-order valence-electron chi connectivity index (χ0n) is 22.0. The first-order valence-corrected chi connectivity index (χ1v) is 15.0. The maximum atomic E-state index is 13.5. The fourth-order valence-electron chi connectivity index (χ4n) is 4.97. The topological polar surface area (TPSA) is 102 Å². The Hall–Kier alpha value is -3.86. The zero-order chi connectivity index (χ0) is 28.7. The second-order valence-corrected chi connectivity index (χ2v) is 12.2. The molecule has 6 rings (SSSR count). The Bertz CT molecular complexity index is 1690. The molecule has 8 nitrogen and oxygen atoms in total. The van der Waals surface area contributed by atoms with Gasteiger partial charge in [0.05, 0.1) is 18.7 Å². The number of anilines is 1. The van der Waals surface area contributed by atoms with Crippen molar-refractivity contribution in [1.82, 2.24) is 10.2 Å². The van der Waals surface area contributed by atoms with Gasteiger partial charge in [-0.3, -0.25) is 14.5 Å². The van der Waals surface area contributed by atoms with Crippen molar-refractivity contribution in [1.29, 1.82) is 0 Å². The van der Waals surface area contributed by atoms with Crippen LogP contribution in [-0.4, -0.2) is 40.2 Å². The molecule has 4 aromatic rings. The summed E-state index contributed by atoms with van der Waals surface area (Å²) >= 11 is 8.93. The number of fused-ring (bicyclic) bond motifs is 1. The molecule has 41 heavy (non-hydrogen) atoms. The van der Waals surface area contributed by atoms with Crippen LogP contribution in [0.15, 0.2) is 76.6 Å². The molecule has 3 heterocycles. The number of carbonyl (C=O) groups excluding carboxylic acids is 2. The van der Waals surface area contributed by atoms with E-state index in [4.69, 9.17) is 21.1 Å². The Balaban J connectivity index is 1.39. The number of rotatable bonds is 7. The molecule has 1 N–H and O–H groups in total. The van der Waals surface area contributed by atoms with E-state index in [-0.39, 0.29) is 22.6 Å². The molecule has 208 valence electrons. The number of thioether (sulfide) groups is 1. The Morgan fingerprint density at radius 1 is 1.15 bits per heavy atom. The van der Waals surface area contributed by atoms with Gasteiger partial charge in [-0.05, 0) is 60.0 Å². The van der Waals surface area contributed by atoms with Crippen molar-refractivity contribution in [2.75, 3.05) is 12.0 Å². The number of aliphatic hydroxyl groups is 1. The van der Waals surface area contributed by atoms with E-state index in [1.54, 1.807) is 49.6 Å². The second kappa shape index (κ2) is 11.2. The lowest BCUT2D eigenvalue weighted by atomic mass is 9.94. The molecule has 1 saturated heterocycles. The molecule has 1 amide bonds. The van der Waals surface area contributed by atoms with Gasteiger partial charge in [0.1, 0.15) is 23.4 Å². The summed E-state index contributed by atoms with van der Waals surface area (Å²) in [5, 5.41) is 21.0. The number of halogens is 1. The summed E-state index contributed by atoms with van der Waals surface area (Å²) in [5.41, 5.74) is 2.91. The molecule has 1 aromatic heterocycles. The van der Waals surface area contributed by atoms with Crippen LogP contribution in [0, 0.1) is 0 Å². The highest BCUT2D eigenvalue weighted by Gasteiger charge is 2.48. The minimum Gasteiger partial charge on any atom is -0.507 e. The molecular weight excluding hydrogens is 582 g/mol. The van der Waals surface area contributed by atoms with Crippen molar-refractivity contribution in [2.45, 2.75) is 35.6 Å². The molecule has 2 atom stereocenters. The van der Waals surface area contributed by atoms with Crippen LogP contribution in [0.25, 0.3) is 5.76 Å². The highest BCUT2D eigenvalue weighted by atomic mass is 35.5. The third-order valence-corrected chi connectivity index (χ3v) is 9.43. The van der Waals surface area contributed by atoms with Gasteiger partial charge in [0.2, 0.25) is 5.13 Å². The van der Waals surface area contributed by atoms with Crippen LogP contribution in [0.1, 0.15) is 35.2 Å². The van der Waals surface area contributed by atoms with Gasteiger partial charge in [-0.15, -0.1) is 10.2 Å². The van der Waals surface area contributed by atoms with Crippen LogP contribution >= 0.6 is 34.7 Å². The van der Waals surface area contributed by atoms with Gasteiger partial charge in [-0.1, -0.05) is 65.0 Å². The van der Waals surface area contributed by atoms with Crippen LogP contribution in [0.3, 0.4) is 0 Å². The second-order valence-electron chi connectivity index (χ2n) is 9.63. The van der Waals surface area contributed by atoms with E-state index < -0.39 is 17.7 Å². The summed E-state index contributed by atoms with van der Waals surface area (Å²) in [6.07, 6.45) is 0.709. The summed E-state index contributed by atoms with van der Waals surface area (Å²) in [5.74, 6) is 0.0879. The van der Waals surface area contributed by atoms with Gasteiger partial charge < -0.3 is 14.6 Å². The molecule has 0 bridgehead atoms. The highest BCUT2D eigenvalue weighted by Crippen LogP contribution is 2.45. The molecule has 0 spiro atoms. The number of hydrogen-bond donors (Lipinski definition) is 1. The normalized spacial score (nSPS) is 19.3. The van der Waals surface area contributed by atoms with E-state index >= 15 is 0 Å². The third kappa shape index (κ3) is 5.18. The Morgan fingerprint density at radius 2 is 1.93 bits per heavy atom. The number of ether oxygens (including phenoxy) is 2. The number of amides is 1. The summed E-state index contributed by atoms with van der Waals surface area (Å²) < 4.78 is 11.7. The fraction of sp³-hybridized carbons (Fsp3) is 0.200. The number of benzene rings is 3. The smallest absolute Gasteiger partial charge is 0.301 e. The quantitative estimate of drug-likeness (QED) is 0.0844. The largest absolute Gasteiger partial charge is 0.507 e. The van der Waals surface area contributed by atoms with E-state index in [9.17, 15) is 14.7 Å². The monoisotopic (exact) mass is 605 g/mol. The summed E-state index contributed by atoms with van der Waals surface area (Å²) in [7, 11) is 1.56. The van der Waals surface area contributed by atoms with Gasteiger partial charge in [-0.2, -0.15) is 0 Å². The standard InChI is InChI=1S/C30H24ClN3O5S2/c1-16-13-20-14-18(9-12-23(20)39-16)26(35)24-25(17-7-10-21(38-2)11-8-17)34(28(37)27(24)36)29-32-33-30(41-29)40-15-19-5-3-4-6-22(19)31/h3-12,14,16,25,35H,13,15H2,1-2H3/b26-24+/t16-,25+/m0/s1. The van der Waals surface area contributed by atoms with Crippen LogP contribution in [0.5, 0.6) is 11.5 Å². The maximum Gasteiger partial charge on any atom is 0.301 e. The molecule has 2 aliphatic rings. The van der Waals surface area contributed by atoms with E-state index in [1.807, 2.05) is 31.2 Å². The number of methoxy groups -OCH3 is 1. The average Bonchev–Trinajstić information content (AvgIpc) is 3.67. The number of nitrogens with zero attached hydrogens (tertiary/aromatic N) is 3. The van der Waals surface area contributed by atoms with E-state index in [2.05, 4.69) is 10.2 Å². The number of carbonyl (C=O) groups is 2.